The van der Waals surface area contributed by atoms with Crippen molar-refractivity contribution in [3.05, 3.63) is 47.4 Å². The molecule has 32 heavy (non-hydrogen) atoms. The molecule has 0 amide bonds. The predicted molar refractivity (Wildman–Crippen MR) is 124 cm³/mol. The quantitative estimate of drug-likeness (QED) is 0.492. The molecule has 0 bridgehead atoms. The van der Waals surface area contributed by atoms with Gasteiger partial charge in [-0.2, -0.15) is 10.1 Å². The second kappa shape index (κ2) is 10.1. The van der Waals surface area contributed by atoms with Gasteiger partial charge < -0.3 is 24.8 Å². The molecule has 0 atom stereocenters. The average Bonchev–Trinajstić information content (AvgIpc) is 3.22. The lowest BCUT2D eigenvalue weighted by molar-refractivity contribution is 0.155. The van der Waals surface area contributed by atoms with Gasteiger partial charge in [0.25, 0.3) is 0 Å². The van der Waals surface area contributed by atoms with Gasteiger partial charge in [0.15, 0.2) is 11.6 Å². The van der Waals surface area contributed by atoms with Gasteiger partial charge >= 0.3 is 0 Å². The number of hydrogen-bond acceptors (Lipinski definition) is 8. The van der Waals surface area contributed by atoms with Crippen molar-refractivity contribution in [3.8, 4) is 17.4 Å². The number of aromatic amines is 1. The summed E-state index contributed by atoms with van der Waals surface area (Å²) in [6, 6.07) is 9.38. The molecule has 9 nitrogen and oxygen atoms in total. The minimum atomic E-state index is 0.131. The van der Waals surface area contributed by atoms with Crippen molar-refractivity contribution >= 4 is 23.8 Å². The van der Waals surface area contributed by atoms with Gasteiger partial charge in [-0.15, -0.1) is 0 Å². The normalized spacial score (nSPS) is 14.5. The zero-order valence-electron chi connectivity index (χ0n) is 18.5. The molecule has 168 valence electrons. The minimum Gasteiger partial charge on any atom is -0.497 e. The minimum absolute atomic E-state index is 0.131. The number of anilines is 2. The first-order valence-electron chi connectivity index (χ1n) is 10.6. The van der Waals surface area contributed by atoms with Crippen LogP contribution in [0.4, 0.5) is 11.6 Å². The largest absolute Gasteiger partial charge is 0.497 e. The Labute approximate surface area is 187 Å². The van der Waals surface area contributed by atoms with Crippen LogP contribution in [0.5, 0.6) is 17.4 Å². The van der Waals surface area contributed by atoms with Gasteiger partial charge in [0.05, 0.1) is 14.2 Å². The summed E-state index contributed by atoms with van der Waals surface area (Å²) in [5, 5.41) is 13.7. The van der Waals surface area contributed by atoms with E-state index in [4.69, 9.17) is 14.2 Å². The summed E-state index contributed by atoms with van der Waals surface area (Å²) in [5.41, 5.74) is 1.87. The molecule has 0 saturated carbocycles. The Morgan fingerprint density at radius 1 is 0.938 bits per heavy atom. The zero-order chi connectivity index (χ0) is 22.3. The fourth-order valence-corrected chi connectivity index (χ4v) is 3.44. The number of nitrogens with one attached hydrogen (secondary N) is 3. The lowest BCUT2D eigenvalue weighted by Gasteiger charge is -2.23. The van der Waals surface area contributed by atoms with Crippen molar-refractivity contribution in [1.82, 2.24) is 25.5 Å². The van der Waals surface area contributed by atoms with E-state index in [0.717, 1.165) is 37.2 Å². The lowest BCUT2D eigenvalue weighted by atomic mass is 10.1. The molecular formula is C23H28N6O3. The van der Waals surface area contributed by atoms with Crippen LogP contribution in [0.2, 0.25) is 0 Å². The van der Waals surface area contributed by atoms with Gasteiger partial charge in [0, 0.05) is 23.9 Å². The Balaban J connectivity index is 1.61. The van der Waals surface area contributed by atoms with E-state index in [1.54, 1.807) is 20.3 Å². The molecule has 9 heteroatoms. The van der Waals surface area contributed by atoms with Crippen LogP contribution in [0.25, 0.3) is 12.2 Å². The maximum Gasteiger partial charge on any atom is 0.219 e. The van der Waals surface area contributed by atoms with Gasteiger partial charge in [0.2, 0.25) is 5.88 Å². The highest BCUT2D eigenvalue weighted by Crippen LogP contribution is 2.25. The number of methoxy groups -OCH3 is 2. The molecule has 0 radical (unpaired) electrons. The van der Waals surface area contributed by atoms with Crippen molar-refractivity contribution in [3.63, 3.8) is 0 Å². The Kier molecular flexibility index (Phi) is 6.86. The highest BCUT2D eigenvalue weighted by atomic mass is 16.5. The monoisotopic (exact) mass is 436 g/mol. The number of aryl methyl sites for hydroxylation is 1. The Morgan fingerprint density at radius 2 is 1.69 bits per heavy atom. The van der Waals surface area contributed by atoms with Crippen LogP contribution in [-0.4, -0.2) is 53.6 Å². The van der Waals surface area contributed by atoms with Crippen LogP contribution in [0, 0.1) is 6.92 Å². The molecule has 1 aromatic carbocycles. The first-order chi connectivity index (χ1) is 15.6. The molecule has 1 aliphatic rings. The highest BCUT2D eigenvalue weighted by Gasteiger charge is 2.16. The molecular weight excluding hydrogens is 408 g/mol. The molecule has 1 fully saturated rings. The zero-order valence-corrected chi connectivity index (χ0v) is 18.5. The molecule has 0 unspecified atom stereocenters. The lowest BCUT2D eigenvalue weighted by Crippen LogP contribution is -2.34. The SMILES string of the molecule is COc1cc(C=Cc2nc(Nc3cc(C)[nH]n3)cc(OC3CCNCC3)n2)cc(OC)c1. The third kappa shape index (κ3) is 5.76. The fourth-order valence-electron chi connectivity index (χ4n) is 3.44. The molecule has 4 rings (SSSR count). The summed E-state index contributed by atoms with van der Waals surface area (Å²) in [4.78, 5) is 9.22. The van der Waals surface area contributed by atoms with Gasteiger partial charge in [-0.3, -0.25) is 5.10 Å². The molecule has 3 N–H and O–H groups in total. The topological polar surface area (TPSA) is 106 Å². The summed E-state index contributed by atoms with van der Waals surface area (Å²) >= 11 is 0. The summed E-state index contributed by atoms with van der Waals surface area (Å²) in [5.74, 6) is 3.77. The van der Waals surface area contributed by atoms with Crippen LogP contribution in [0.3, 0.4) is 0 Å². The van der Waals surface area contributed by atoms with Crippen molar-refractivity contribution in [1.29, 1.82) is 0 Å². The van der Waals surface area contributed by atoms with Crippen molar-refractivity contribution < 1.29 is 14.2 Å². The third-order valence-corrected chi connectivity index (χ3v) is 5.05. The number of nitrogens with zero attached hydrogens (tertiary/aromatic N) is 3. The first kappa shape index (κ1) is 21.6. The van der Waals surface area contributed by atoms with Gasteiger partial charge in [-0.1, -0.05) is 6.08 Å². The van der Waals surface area contributed by atoms with Gasteiger partial charge in [-0.05, 0) is 56.6 Å². The van der Waals surface area contributed by atoms with E-state index in [1.807, 2.05) is 43.3 Å². The van der Waals surface area contributed by atoms with E-state index in [9.17, 15) is 0 Å². The van der Waals surface area contributed by atoms with Crippen LogP contribution in [-0.2, 0) is 0 Å². The van der Waals surface area contributed by atoms with Crippen LogP contribution in [0.1, 0.15) is 29.9 Å². The maximum absolute atomic E-state index is 6.17. The Bertz CT molecular complexity index is 1050. The molecule has 1 saturated heterocycles. The fraction of sp³-hybridized carbons (Fsp3) is 0.348. The summed E-state index contributed by atoms with van der Waals surface area (Å²) in [6.45, 7) is 3.83. The maximum atomic E-state index is 6.17. The molecule has 1 aliphatic heterocycles. The number of H-pyrrole nitrogens is 1. The summed E-state index contributed by atoms with van der Waals surface area (Å²) < 4.78 is 16.9. The second-order valence-corrected chi connectivity index (χ2v) is 7.56. The van der Waals surface area contributed by atoms with Crippen LogP contribution >= 0.6 is 0 Å². The standard InChI is InChI=1S/C23H28N6O3/c1-15-10-22(29-28-15)26-21-14-23(32-17-6-8-24-9-7-17)27-20(25-21)5-4-16-11-18(30-2)13-19(12-16)31-3/h4-5,10-14,17,24H,6-9H2,1-3H3,(H2,25,26,27,28,29). The Hall–Kier alpha value is -3.59. The van der Waals surface area contributed by atoms with E-state index in [-0.39, 0.29) is 6.10 Å². The van der Waals surface area contributed by atoms with E-state index in [1.165, 1.54) is 0 Å². The predicted octanol–water partition coefficient (Wildman–Crippen LogP) is 3.57. The first-order valence-corrected chi connectivity index (χ1v) is 10.6. The smallest absolute Gasteiger partial charge is 0.219 e. The van der Waals surface area contributed by atoms with Crippen molar-refractivity contribution in [2.75, 3.05) is 32.6 Å². The molecule has 3 aromatic rings. The number of benzene rings is 1. The number of ether oxygens (including phenoxy) is 3. The van der Waals surface area contributed by atoms with E-state index in [0.29, 0.717) is 34.8 Å². The summed E-state index contributed by atoms with van der Waals surface area (Å²) in [6.07, 6.45) is 5.77. The third-order valence-electron chi connectivity index (χ3n) is 5.05. The van der Waals surface area contributed by atoms with Crippen molar-refractivity contribution in [2.45, 2.75) is 25.9 Å². The van der Waals surface area contributed by atoms with E-state index >= 15 is 0 Å². The van der Waals surface area contributed by atoms with Crippen molar-refractivity contribution in [2.24, 2.45) is 0 Å². The number of piperidine rings is 1. The summed E-state index contributed by atoms with van der Waals surface area (Å²) in [7, 11) is 3.25. The Morgan fingerprint density at radius 3 is 2.34 bits per heavy atom. The molecule has 2 aromatic heterocycles. The molecule has 3 heterocycles. The van der Waals surface area contributed by atoms with E-state index < -0.39 is 0 Å². The molecule has 0 spiro atoms. The number of hydrogen-bond donors (Lipinski definition) is 3. The van der Waals surface area contributed by atoms with Crippen LogP contribution < -0.4 is 24.8 Å². The van der Waals surface area contributed by atoms with Gasteiger partial charge in [0.1, 0.15) is 23.4 Å². The average molecular weight is 437 g/mol. The van der Waals surface area contributed by atoms with Crippen LogP contribution in [0.15, 0.2) is 30.3 Å². The number of rotatable bonds is 8. The highest BCUT2D eigenvalue weighted by molar-refractivity contribution is 5.69. The number of aromatic nitrogens is 4. The molecule has 0 aliphatic carbocycles. The van der Waals surface area contributed by atoms with Gasteiger partial charge in [-0.25, -0.2) is 4.98 Å². The van der Waals surface area contributed by atoms with E-state index in [2.05, 4.69) is 30.8 Å². The second-order valence-electron chi connectivity index (χ2n) is 7.56.